The third kappa shape index (κ3) is 6.74. The van der Waals surface area contributed by atoms with Gasteiger partial charge >= 0.3 is 0 Å². The van der Waals surface area contributed by atoms with Crippen molar-refractivity contribution in [2.24, 2.45) is 0 Å². The summed E-state index contributed by atoms with van der Waals surface area (Å²) in [5, 5.41) is 8.99. The van der Waals surface area contributed by atoms with E-state index >= 15 is 0 Å². The van der Waals surface area contributed by atoms with Gasteiger partial charge in [-0.25, -0.2) is 13.1 Å². The molecule has 0 aromatic heterocycles. The number of aliphatic hydroxyl groups is 1. The molecule has 0 aliphatic heterocycles. The Morgan fingerprint density at radius 1 is 1.54 bits per heavy atom. The molecule has 0 saturated heterocycles. The number of sulfonamides is 1. The Balaban J connectivity index is 4.04. The Kier molecular flexibility index (Phi) is 5.20. The third-order valence-corrected chi connectivity index (χ3v) is 2.85. The molecule has 0 spiro atoms. The zero-order chi connectivity index (χ0) is 10.5. The van der Waals surface area contributed by atoms with Crippen LogP contribution in [-0.4, -0.2) is 31.4 Å². The molecule has 0 rings (SSSR count). The van der Waals surface area contributed by atoms with Gasteiger partial charge in [-0.3, -0.25) is 0 Å². The molecule has 0 saturated carbocycles. The first kappa shape index (κ1) is 12.6. The van der Waals surface area contributed by atoms with Crippen LogP contribution in [0.5, 0.6) is 0 Å². The van der Waals surface area contributed by atoms with E-state index in [4.69, 9.17) is 5.11 Å². The lowest BCUT2D eigenvalue weighted by molar-refractivity contribution is 0.175. The van der Waals surface area contributed by atoms with Gasteiger partial charge in [0, 0.05) is 6.04 Å². The number of nitrogens with one attached hydrogen (secondary N) is 1. The van der Waals surface area contributed by atoms with E-state index in [1.807, 2.05) is 0 Å². The summed E-state index contributed by atoms with van der Waals surface area (Å²) < 4.78 is 24.7. The summed E-state index contributed by atoms with van der Waals surface area (Å²) in [5.74, 6) is -0.0862. The highest BCUT2D eigenvalue weighted by atomic mass is 32.2. The molecule has 0 aromatic carbocycles. The highest BCUT2D eigenvalue weighted by Gasteiger charge is 2.13. The van der Waals surface area contributed by atoms with Crippen molar-refractivity contribution in [2.45, 2.75) is 32.4 Å². The summed E-state index contributed by atoms with van der Waals surface area (Å²) >= 11 is 0. The lowest BCUT2D eigenvalue weighted by Crippen LogP contribution is -2.35. The summed E-state index contributed by atoms with van der Waals surface area (Å²) in [6.07, 6.45) is 1.25. The predicted octanol–water partition coefficient (Wildman–Crippen LogP) is 0.251. The number of rotatable bonds is 6. The van der Waals surface area contributed by atoms with E-state index in [9.17, 15) is 8.42 Å². The van der Waals surface area contributed by atoms with E-state index in [1.54, 1.807) is 13.8 Å². The summed E-state index contributed by atoms with van der Waals surface area (Å²) in [7, 11) is -3.26. The zero-order valence-corrected chi connectivity index (χ0v) is 8.84. The Morgan fingerprint density at radius 2 is 2.08 bits per heavy atom. The molecule has 0 amide bonds. The van der Waals surface area contributed by atoms with Gasteiger partial charge in [0.25, 0.3) is 0 Å². The first-order chi connectivity index (χ1) is 5.87. The molecule has 4 nitrogen and oxygen atoms in total. The summed E-state index contributed by atoms with van der Waals surface area (Å²) in [6, 6.07) is -0.245. The van der Waals surface area contributed by atoms with Crippen LogP contribution in [0.15, 0.2) is 12.7 Å². The Hall–Kier alpha value is -0.390. The van der Waals surface area contributed by atoms with E-state index in [0.29, 0.717) is 6.42 Å². The molecule has 2 unspecified atom stereocenters. The SMILES string of the molecule is C=CCS(=O)(=O)NC(C)CC(C)O. The van der Waals surface area contributed by atoms with Crippen LogP contribution in [0.2, 0.25) is 0 Å². The number of hydrogen-bond donors (Lipinski definition) is 2. The quantitative estimate of drug-likeness (QED) is 0.614. The predicted molar refractivity (Wildman–Crippen MR) is 52.9 cm³/mol. The molecular weight excluding hydrogens is 190 g/mol. The molecule has 0 aliphatic rings. The first-order valence-corrected chi connectivity index (χ1v) is 5.81. The first-order valence-electron chi connectivity index (χ1n) is 4.16. The van der Waals surface area contributed by atoms with Crippen molar-refractivity contribution in [3.63, 3.8) is 0 Å². The fourth-order valence-corrected chi connectivity index (χ4v) is 2.19. The van der Waals surface area contributed by atoms with Crippen molar-refractivity contribution in [3.05, 3.63) is 12.7 Å². The fraction of sp³-hybridized carbons (Fsp3) is 0.750. The topological polar surface area (TPSA) is 66.4 Å². The van der Waals surface area contributed by atoms with Crippen molar-refractivity contribution in [1.82, 2.24) is 4.72 Å². The lowest BCUT2D eigenvalue weighted by Gasteiger charge is -2.14. The molecular formula is C8H17NO3S. The Morgan fingerprint density at radius 3 is 2.46 bits per heavy atom. The molecule has 13 heavy (non-hydrogen) atoms. The molecule has 0 radical (unpaired) electrons. The molecule has 78 valence electrons. The maximum absolute atomic E-state index is 11.2. The van der Waals surface area contributed by atoms with Crippen molar-refractivity contribution in [3.8, 4) is 0 Å². The van der Waals surface area contributed by atoms with Crippen LogP contribution in [0.4, 0.5) is 0 Å². The molecule has 0 bridgehead atoms. The van der Waals surface area contributed by atoms with Gasteiger partial charge in [0.2, 0.25) is 10.0 Å². The minimum atomic E-state index is -3.26. The largest absolute Gasteiger partial charge is 0.393 e. The van der Waals surface area contributed by atoms with E-state index in [2.05, 4.69) is 11.3 Å². The highest BCUT2D eigenvalue weighted by Crippen LogP contribution is 1.98. The average molecular weight is 207 g/mol. The monoisotopic (exact) mass is 207 g/mol. The molecule has 0 heterocycles. The van der Waals surface area contributed by atoms with Crippen LogP contribution in [0, 0.1) is 0 Å². The normalized spacial score (nSPS) is 16.5. The second-order valence-corrected chi connectivity index (χ2v) is 4.97. The molecule has 2 N–H and O–H groups in total. The maximum Gasteiger partial charge on any atom is 0.215 e. The van der Waals surface area contributed by atoms with Crippen LogP contribution < -0.4 is 4.72 Å². The standard InChI is InChI=1S/C8H17NO3S/c1-4-5-13(11,12)9-7(2)6-8(3)10/h4,7-10H,1,5-6H2,2-3H3. The molecule has 5 heteroatoms. The minimum absolute atomic E-state index is 0.0862. The van der Waals surface area contributed by atoms with Gasteiger partial charge in [0.15, 0.2) is 0 Å². The second-order valence-electron chi connectivity index (χ2n) is 3.17. The van der Waals surface area contributed by atoms with Gasteiger partial charge in [-0.1, -0.05) is 6.08 Å². The highest BCUT2D eigenvalue weighted by molar-refractivity contribution is 7.89. The van der Waals surface area contributed by atoms with Crippen LogP contribution in [0.1, 0.15) is 20.3 Å². The van der Waals surface area contributed by atoms with Crippen molar-refractivity contribution < 1.29 is 13.5 Å². The summed E-state index contributed by atoms with van der Waals surface area (Å²) in [6.45, 7) is 6.68. The minimum Gasteiger partial charge on any atom is -0.393 e. The fourth-order valence-electron chi connectivity index (χ4n) is 1.07. The molecule has 0 aromatic rings. The van der Waals surface area contributed by atoms with Crippen molar-refractivity contribution >= 4 is 10.0 Å². The lowest BCUT2D eigenvalue weighted by atomic mass is 10.2. The zero-order valence-electron chi connectivity index (χ0n) is 8.03. The van der Waals surface area contributed by atoms with Crippen LogP contribution in [0.25, 0.3) is 0 Å². The Labute approximate surface area is 79.7 Å². The van der Waals surface area contributed by atoms with Gasteiger partial charge in [0.1, 0.15) is 0 Å². The van der Waals surface area contributed by atoms with E-state index in [0.717, 1.165) is 0 Å². The molecule has 2 atom stereocenters. The van der Waals surface area contributed by atoms with Gasteiger partial charge in [-0.2, -0.15) is 0 Å². The molecule has 0 aliphatic carbocycles. The van der Waals surface area contributed by atoms with Gasteiger partial charge in [-0.05, 0) is 20.3 Å². The van der Waals surface area contributed by atoms with Gasteiger partial charge in [0.05, 0.1) is 11.9 Å². The summed E-state index contributed by atoms with van der Waals surface area (Å²) in [5.41, 5.74) is 0. The summed E-state index contributed by atoms with van der Waals surface area (Å²) in [4.78, 5) is 0. The van der Waals surface area contributed by atoms with E-state index in [1.165, 1.54) is 6.08 Å². The third-order valence-electron chi connectivity index (χ3n) is 1.41. The van der Waals surface area contributed by atoms with E-state index < -0.39 is 16.1 Å². The van der Waals surface area contributed by atoms with Crippen LogP contribution in [-0.2, 0) is 10.0 Å². The average Bonchev–Trinajstić information content (AvgIpc) is 1.81. The van der Waals surface area contributed by atoms with Crippen LogP contribution >= 0.6 is 0 Å². The van der Waals surface area contributed by atoms with E-state index in [-0.39, 0.29) is 11.8 Å². The maximum atomic E-state index is 11.2. The van der Waals surface area contributed by atoms with Crippen molar-refractivity contribution in [1.29, 1.82) is 0 Å². The number of hydrogen-bond acceptors (Lipinski definition) is 3. The van der Waals surface area contributed by atoms with Crippen molar-refractivity contribution in [2.75, 3.05) is 5.75 Å². The number of aliphatic hydroxyl groups excluding tert-OH is 1. The Bertz CT molecular complexity index is 246. The second kappa shape index (κ2) is 5.36. The molecule has 0 fully saturated rings. The smallest absolute Gasteiger partial charge is 0.215 e. The van der Waals surface area contributed by atoms with Crippen LogP contribution in [0.3, 0.4) is 0 Å². The van der Waals surface area contributed by atoms with Gasteiger partial charge in [-0.15, -0.1) is 6.58 Å². The van der Waals surface area contributed by atoms with Gasteiger partial charge < -0.3 is 5.11 Å².